The molecule has 1 saturated heterocycles. The molecule has 0 aromatic heterocycles. The summed E-state index contributed by atoms with van der Waals surface area (Å²) in [6.45, 7) is 9.66. The number of amides is 3. The molecule has 4 nitrogen and oxygen atoms in total. The molecule has 0 aliphatic carbocycles. The van der Waals surface area contributed by atoms with Crippen LogP contribution in [0.15, 0.2) is 0 Å². The number of carbonyl (C=O) groups is 2. The summed E-state index contributed by atoms with van der Waals surface area (Å²) < 4.78 is 0. The van der Waals surface area contributed by atoms with Crippen LogP contribution in [0, 0.1) is 0 Å². The quantitative estimate of drug-likeness (QED) is 0.587. The summed E-state index contributed by atoms with van der Waals surface area (Å²) >= 11 is 0. The van der Waals surface area contributed by atoms with Crippen LogP contribution in [0.3, 0.4) is 0 Å². The van der Waals surface area contributed by atoms with E-state index in [0.29, 0.717) is 0 Å². The number of hydrogen-bond acceptors (Lipinski definition) is 2. The van der Waals surface area contributed by atoms with Crippen LogP contribution in [-0.4, -0.2) is 29.9 Å². The molecule has 1 fully saturated rings. The lowest BCUT2D eigenvalue weighted by atomic mass is 10.3. The molecule has 1 aliphatic rings. The van der Waals surface area contributed by atoms with Crippen LogP contribution in [0.1, 0.15) is 34.6 Å². The average molecular weight is 188 g/mol. The molecule has 1 atom stereocenters. The van der Waals surface area contributed by atoms with Gasteiger partial charge in [0.1, 0.15) is 6.04 Å². The molecule has 1 N–H and O–H groups in total. The van der Waals surface area contributed by atoms with Crippen molar-refractivity contribution in [2.75, 3.05) is 7.05 Å². The van der Waals surface area contributed by atoms with Crippen LogP contribution in [-0.2, 0) is 4.79 Å². The number of nitrogens with one attached hydrogen (secondary N) is 1. The van der Waals surface area contributed by atoms with Gasteiger partial charge >= 0.3 is 6.03 Å². The van der Waals surface area contributed by atoms with E-state index in [1.165, 1.54) is 7.05 Å². The number of nitrogens with zero attached hydrogens (tertiary/aromatic N) is 1. The van der Waals surface area contributed by atoms with Gasteiger partial charge in [0, 0.05) is 7.05 Å². The van der Waals surface area contributed by atoms with Gasteiger partial charge in [0.25, 0.3) is 5.91 Å². The third kappa shape index (κ3) is 3.92. The number of imide groups is 1. The summed E-state index contributed by atoms with van der Waals surface area (Å²) in [7, 11) is 1.46. The molecule has 4 heteroatoms. The van der Waals surface area contributed by atoms with Gasteiger partial charge in [0.15, 0.2) is 0 Å². The van der Waals surface area contributed by atoms with Crippen molar-refractivity contribution in [1.82, 2.24) is 10.2 Å². The maximum absolute atomic E-state index is 10.8. The summed E-state index contributed by atoms with van der Waals surface area (Å²) in [4.78, 5) is 22.4. The molecule has 0 aromatic carbocycles. The first-order chi connectivity index (χ1) is 6.13. The maximum Gasteiger partial charge on any atom is 0.324 e. The molecular weight excluding hydrogens is 168 g/mol. The molecule has 3 amide bonds. The Labute approximate surface area is 80.3 Å². The fraction of sp³-hybridized carbons (Fsp3) is 0.778. The third-order valence-electron chi connectivity index (χ3n) is 1.35. The lowest BCUT2D eigenvalue weighted by molar-refractivity contribution is -0.126. The molecule has 0 spiro atoms. The first kappa shape index (κ1) is 14.5. The van der Waals surface area contributed by atoms with Crippen molar-refractivity contribution in [2.24, 2.45) is 0 Å². The van der Waals surface area contributed by atoms with E-state index < -0.39 is 0 Å². The lowest BCUT2D eigenvalue weighted by Crippen LogP contribution is -2.25. The Bertz CT molecular complexity index is 169. The maximum atomic E-state index is 10.8. The number of rotatable bonds is 0. The molecule has 78 valence electrons. The topological polar surface area (TPSA) is 49.4 Å². The molecular formula is C9H20N2O2. The fourth-order valence-corrected chi connectivity index (χ4v) is 0.734. The molecule has 0 aromatic rings. The van der Waals surface area contributed by atoms with Crippen LogP contribution in [0.2, 0.25) is 0 Å². The van der Waals surface area contributed by atoms with Crippen molar-refractivity contribution in [2.45, 2.75) is 40.7 Å². The van der Waals surface area contributed by atoms with E-state index in [1.807, 2.05) is 27.7 Å². The number of urea groups is 1. The fourth-order valence-electron chi connectivity index (χ4n) is 0.734. The second kappa shape index (κ2) is 7.58. The van der Waals surface area contributed by atoms with E-state index in [4.69, 9.17) is 0 Å². The molecule has 1 unspecified atom stereocenters. The zero-order valence-corrected chi connectivity index (χ0v) is 9.34. The SMILES string of the molecule is CC.CC.CC1NC(=O)N(C)C1=O. The van der Waals surface area contributed by atoms with E-state index in [2.05, 4.69) is 5.32 Å². The molecule has 13 heavy (non-hydrogen) atoms. The van der Waals surface area contributed by atoms with Gasteiger partial charge < -0.3 is 5.32 Å². The van der Waals surface area contributed by atoms with Gasteiger partial charge in [-0.1, -0.05) is 27.7 Å². The largest absolute Gasteiger partial charge is 0.326 e. The first-order valence-electron chi connectivity index (χ1n) is 4.71. The molecule has 0 bridgehead atoms. The van der Waals surface area contributed by atoms with Crippen LogP contribution in [0.4, 0.5) is 4.79 Å². The molecule has 1 heterocycles. The van der Waals surface area contributed by atoms with Crippen molar-refractivity contribution in [3.8, 4) is 0 Å². The Hall–Kier alpha value is -1.06. The monoisotopic (exact) mass is 188 g/mol. The van der Waals surface area contributed by atoms with Gasteiger partial charge in [-0.2, -0.15) is 0 Å². The van der Waals surface area contributed by atoms with Crippen molar-refractivity contribution < 1.29 is 9.59 Å². The van der Waals surface area contributed by atoms with E-state index >= 15 is 0 Å². The van der Waals surface area contributed by atoms with Gasteiger partial charge in [-0.15, -0.1) is 0 Å². The van der Waals surface area contributed by atoms with Crippen molar-refractivity contribution in [1.29, 1.82) is 0 Å². The van der Waals surface area contributed by atoms with Gasteiger partial charge in [0.2, 0.25) is 0 Å². The van der Waals surface area contributed by atoms with Crippen LogP contribution >= 0.6 is 0 Å². The Morgan fingerprint density at radius 2 is 1.54 bits per heavy atom. The van der Waals surface area contributed by atoms with Gasteiger partial charge in [0.05, 0.1) is 0 Å². The number of carbonyl (C=O) groups excluding carboxylic acids is 2. The van der Waals surface area contributed by atoms with Crippen LogP contribution in [0.25, 0.3) is 0 Å². The van der Waals surface area contributed by atoms with E-state index in [9.17, 15) is 9.59 Å². The Kier molecular flexibility index (Phi) is 8.44. The second-order valence-electron chi connectivity index (χ2n) is 2.07. The van der Waals surface area contributed by atoms with E-state index in [-0.39, 0.29) is 18.0 Å². The summed E-state index contributed by atoms with van der Waals surface area (Å²) in [5.74, 6) is -0.167. The minimum Gasteiger partial charge on any atom is -0.326 e. The van der Waals surface area contributed by atoms with Crippen LogP contribution in [0.5, 0.6) is 0 Å². The predicted octanol–water partition coefficient (Wildman–Crippen LogP) is 1.61. The number of hydrogen-bond donors (Lipinski definition) is 1. The average Bonchev–Trinajstić information content (AvgIpc) is 2.40. The molecule has 0 saturated carbocycles. The van der Waals surface area contributed by atoms with Gasteiger partial charge in [-0.3, -0.25) is 9.69 Å². The third-order valence-corrected chi connectivity index (χ3v) is 1.35. The van der Waals surface area contributed by atoms with Gasteiger partial charge in [-0.25, -0.2) is 4.79 Å². The van der Waals surface area contributed by atoms with E-state index in [0.717, 1.165) is 4.90 Å². The highest BCUT2D eigenvalue weighted by Crippen LogP contribution is 2.00. The summed E-state index contributed by atoms with van der Waals surface area (Å²) in [5, 5.41) is 2.45. The molecule has 1 rings (SSSR count). The normalized spacial score (nSPS) is 19.5. The second-order valence-corrected chi connectivity index (χ2v) is 2.07. The Morgan fingerprint density at radius 1 is 1.15 bits per heavy atom. The Balaban J connectivity index is 0. The first-order valence-corrected chi connectivity index (χ1v) is 4.71. The summed E-state index contributed by atoms with van der Waals surface area (Å²) in [5.41, 5.74) is 0. The van der Waals surface area contributed by atoms with E-state index in [1.54, 1.807) is 6.92 Å². The minimum atomic E-state index is -0.345. The highest BCUT2D eigenvalue weighted by Gasteiger charge is 2.31. The van der Waals surface area contributed by atoms with Crippen molar-refractivity contribution >= 4 is 11.9 Å². The summed E-state index contributed by atoms with van der Waals surface area (Å²) in [6.07, 6.45) is 0. The van der Waals surface area contributed by atoms with Crippen molar-refractivity contribution in [3.63, 3.8) is 0 Å². The van der Waals surface area contributed by atoms with Crippen molar-refractivity contribution in [3.05, 3.63) is 0 Å². The smallest absolute Gasteiger partial charge is 0.324 e. The molecule has 1 aliphatic heterocycles. The zero-order chi connectivity index (χ0) is 11.0. The predicted molar refractivity (Wildman–Crippen MR) is 53.5 cm³/mol. The highest BCUT2D eigenvalue weighted by atomic mass is 16.2. The highest BCUT2D eigenvalue weighted by molar-refractivity contribution is 6.03. The molecule has 0 radical (unpaired) electrons. The summed E-state index contributed by atoms with van der Waals surface area (Å²) in [6, 6.07) is -0.657. The number of likely N-dealkylation sites (N-methyl/N-ethyl adjacent to an activating group) is 1. The zero-order valence-electron chi connectivity index (χ0n) is 9.34. The minimum absolute atomic E-state index is 0.167. The van der Waals surface area contributed by atoms with Gasteiger partial charge in [-0.05, 0) is 6.92 Å². The standard InChI is InChI=1S/C5H8N2O2.2C2H6/c1-3-4(8)7(2)5(9)6-3;2*1-2/h3H,1-2H3,(H,6,9);2*1-2H3. The Morgan fingerprint density at radius 3 is 1.62 bits per heavy atom. The lowest BCUT2D eigenvalue weighted by Gasteiger charge is -2.00. The van der Waals surface area contributed by atoms with Crippen LogP contribution < -0.4 is 5.32 Å².